The molecule has 2 aromatic rings. The molecule has 0 aliphatic carbocycles. The van der Waals surface area contributed by atoms with E-state index in [4.69, 9.17) is 9.84 Å². The maximum absolute atomic E-state index is 13.4. The van der Waals surface area contributed by atoms with Gasteiger partial charge in [0.05, 0.1) is 13.0 Å². The first kappa shape index (κ1) is 25.0. The number of rotatable bonds is 10. The molecule has 2 N–H and O–H groups in total. The highest BCUT2D eigenvalue weighted by molar-refractivity contribution is 7.12. The zero-order valence-electron chi connectivity index (χ0n) is 18.5. The van der Waals surface area contributed by atoms with Crippen LogP contribution < -0.4 is 15.0 Å². The zero-order chi connectivity index (χ0) is 24.2. The number of benzene rings is 1. The van der Waals surface area contributed by atoms with Gasteiger partial charge in [-0.2, -0.15) is 13.2 Å². The van der Waals surface area contributed by atoms with E-state index in [9.17, 15) is 22.8 Å². The lowest BCUT2D eigenvalue weighted by Gasteiger charge is -2.18. The lowest BCUT2D eigenvalue weighted by atomic mass is 10.0. The van der Waals surface area contributed by atoms with Crippen molar-refractivity contribution >= 4 is 28.9 Å². The molecule has 0 bridgehead atoms. The minimum Gasteiger partial charge on any atom is -0.488 e. The highest BCUT2D eigenvalue weighted by Gasteiger charge is 2.36. The molecule has 2 heterocycles. The monoisotopic (exact) mass is 484 g/mol. The van der Waals surface area contributed by atoms with E-state index in [-0.39, 0.29) is 37.9 Å². The van der Waals surface area contributed by atoms with Gasteiger partial charge in [0.15, 0.2) is 0 Å². The van der Waals surface area contributed by atoms with Crippen molar-refractivity contribution in [3.63, 3.8) is 0 Å². The van der Waals surface area contributed by atoms with E-state index in [0.717, 1.165) is 22.6 Å². The lowest BCUT2D eigenvalue weighted by Crippen LogP contribution is -2.37. The quantitative estimate of drug-likeness (QED) is 0.486. The largest absolute Gasteiger partial charge is 0.488 e. The lowest BCUT2D eigenvalue weighted by molar-refractivity contribution is -0.137. The second-order valence-electron chi connectivity index (χ2n) is 8.36. The van der Waals surface area contributed by atoms with E-state index in [1.54, 1.807) is 23.1 Å². The van der Waals surface area contributed by atoms with E-state index >= 15 is 0 Å². The maximum atomic E-state index is 13.4. The summed E-state index contributed by atoms with van der Waals surface area (Å²) < 4.78 is 45.9. The van der Waals surface area contributed by atoms with Crippen LogP contribution in [-0.4, -0.2) is 36.6 Å². The molecular formula is C23H27F3N2O4S. The number of fused-ring (bicyclic) bond motifs is 1. The molecule has 0 fully saturated rings. The second kappa shape index (κ2) is 10.6. The fourth-order valence-corrected chi connectivity index (χ4v) is 4.73. The summed E-state index contributed by atoms with van der Waals surface area (Å²) in [5, 5.41) is 11.5. The molecule has 0 atom stereocenters. The minimum absolute atomic E-state index is 0.0424. The first-order valence-electron chi connectivity index (χ1n) is 10.7. The first-order chi connectivity index (χ1) is 15.5. The molecule has 10 heteroatoms. The summed E-state index contributed by atoms with van der Waals surface area (Å²) in [5.41, 5.74) is 2.00. The third kappa shape index (κ3) is 6.70. The Morgan fingerprint density at radius 2 is 2.03 bits per heavy atom. The van der Waals surface area contributed by atoms with Gasteiger partial charge < -0.3 is 20.1 Å². The third-order valence-electron chi connectivity index (χ3n) is 5.17. The van der Waals surface area contributed by atoms with Gasteiger partial charge in [0.1, 0.15) is 17.2 Å². The van der Waals surface area contributed by atoms with E-state index in [2.05, 4.69) is 5.32 Å². The van der Waals surface area contributed by atoms with Gasteiger partial charge in [0, 0.05) is 23.7 Å². The summed E-state index contributed by atoms with van der Waals surface area (Å²) in [6.07, 6.45) is -3.43. The number of halogens is 3. The summed E-state index contributed by atoms with van der Waals surface area (Å²) in [5.74, 6) is -0.426. The Bertz CT molecular complexity index is 1000. The second-order valence-corrected chi connectivity index (χ2v) is 9.49. The molecule has 0 spiro atoms. The fourth-order valence-electron chi connectivity index (χ4n) is 3.76. The highest BCUT2D eigenvalue weighted by Crippen LogP contribution is 2.39. The third-order valence-corrected chi connectivity index (χ3v) is 6.36. The number of carboxylic acid groups (broad SMARTS) is 1. The average Bonchev–Trinajstić information content (AvgIpc) is 3.32. The van der Waals surface area contributed by atoms with Crippen molar-refractivity contribution in [3.05, 3.63) is 45.1 Å². The van der Waals surface area contributed by atoms with E-state index in [0.29, 0.717) is 35.6 Å². The number of amides is 1. The van der Waals surface area contributed by atoms with Gasteiger partial charge in [-0.25, -0.2) is 0 Å². The average molecular weight is 485 g/mol. The smallest absolute Gasteiger partial charge is 0.425 e. The Hall–Kier alpha value is -2.59. The van der Waals surface area contributed by atoms with E-state index in [1.165, 1.54) is 0 Å². The molecular weight excluding hydrogens is 457 g/mol. The van der Waals surface area contributed by atoms with Crippen LogP contribution in [0.5, 0.6) is 5.75 Å². The zero-order valence-corrected chi connectivity index (χ0v) is 19.3. The number of hydrogen-bond donors (Lipinski definition) is 2. The molecule has 1 aliphatic rings. The number of nitrogens with one attached hydrogen (secondary N) is 1. The van der Waals surface area contributed by atoms with Crippen LogP contribution in [0.4, 0.5) is 18.9 Å². The first-order valence-corrected chi connectivity index (χ1v) is 11.5. The Kier molecular flexibility index (Phi) is 8.01. The molecule has 0 radical (unpaired) electrons. The van der Waals surface area contributed by atoms with Crippen LogP contribution in [0, 0.1) is 5.92 Å². The highest BCUT2D eigenvalue weighted by atomic mass is 32.1. The molecule has 180 valence electrons. The molecule has 1 amide bonds. The SMILES string of the molecule is CC(C)Cc1cc(COc2ccc3c(c2)CCN3C(=O)CNCCC(=O)O)sc1C(F)(F)F. The molecule has 0 unspecified atom stereocenters. The van der Waals surface area contributed by atoms with Gasteiger partial charge in [0.2, 0.25) is 5.91 Å². The molecule has 33 heavy (non-hydrogen) atoms. The van der Waals surface area contributed by atoms with Gasteiger partial charge in [0.25, 0.3) is 0 Å². The molecule has 1 aliphatic heterocycles. The van der Waals surface area contributed by atoms with Crippen molar-refractivity contribution in [1.82, 2.24) is 5.32 Å². The van der Waals surface area contributed by atoms with Crippen molar-refractivity contribution in [2.75, 3.05) is 24.5 Å². The molecule has 3 rings (SSSR count). The topological polar surface area (TPSA) is 78.9 Å². The molecule has 0 saturated carbocycles. The predicted octanol–water partition coefficient (Wildman–Crippen LogP) is 4.50. The van der Waals surface area contributed by atoms with Crippen molar-refractivity contribution in [3.8, 4) is 5.75 Å². The van der Waals surface area contributed by atoms with Crippen LogP contribution >= 0.6 is 11.3 Å². The van der Waals surface area contributed by atoms with Gasteiger partial charge in [-0.3, -0.25) is 9.59 Å². The van der Waals surface area contributed by atoms with Gasteiger partial charge in [-0.15, -0.1) is 11.3 Å². The summed E-state index contributed by atoms with van der Waals surface area (Å²) in [7, 11) is 0. The van der Waals surface area contributed by atoms with Crippen LogP contribution in [-0.2, 0) is 35.2 Å². The predicted molar refractivity (Wildman–Crippen MR) is 120 cm³/mol. The van der Waals surface area contributed by atoms with E-state index < -0.39 is 17.0 Å². The summed E-state index contributed by atoms with van der Waals surface area (Å²) >= 11 is 0.722. The Morgan fingerprint density at radius 3 is 2.70 bits per heavy atom. The van der Waals surface area contributed by atoms with Gasteiger partial charge >= 0.3 is 12.1 Å². The number of alkyl halides is 3. The van der Waals surface area contributed by atoms with Crippen molar-refractivity contribution in [1.29, 1.82) is 0 Å². The number of carbonyl (C=O) groups is 2. The van der Waals surface area contributed by atoms with Crippen LogP contribution in [0.3, 0.4) is 0 Å². The summed E-state index contributed by atoms with van der Waals surface area (Å²) in [6, 6.07) is 6.87. The number of aliphatic carboxylic acids is 1. The number of nitrogens with zero attached hydrogens (tertiary/aromatic N) is 1. The van der Waals surface area contributed by atoms with Crippen molar-refractivity contribution in [2.24, 2.45) is 5.92 Å². The Balaban J connectivity index is 1.62. The maximum Gasteiger partial charge on any atom is 0.425 e. The Labute approximate surface area is 194 Å². The van der Waals surface area contributed by atoms with Crippen LogP contribution in [0.1, 0.15) is 41.1 Å². The molecule has 1 aromatic carbocycles. The summed E-state index contributed by atoms with van der Waals surface area (Å²) in [4.78, 5) is 24.6. The summed E-state index contributed by atoms with van der Waals surface area (Å²) in [6.45, 7) is 4.59. The number of thiophene rings is 1. The Morgan fingerprint density at radius 1 is 1.27 bits per heavy atom. The molecule has 6 nitrogen and oxygen atoms in total. The van der Waals surface area contributed by atoms with Crippen molar-refractivity contribution < 1.29 is 32.6 Å². The van der Waals surface area contributed by atoms with Crippen LogP contribution in [0.25, 0.3) is 0 Å². The fraction of sp³-hybridized carbons (Fsp3) is 0.478. The van der Waals surface area contributed by atoms with Crippen molar-refractivity contribution in [2.45, 2.75) is 45.9 Å². The van der Waals surface area contributed by atoms with E-state index in [1.807, 2.05) is 19.9 Å². The molecule has 0 saturated heterocycles. The number of anilines is 1. The number of carbonyl (C=O) groups excluding carboxylic acids is 1. The normalized spacial score (nSPS) is 13.5. The van der Waals surface area contributed by atoms with Gasteiger partial charge in [-0.05, 0) is 54.2 Å². The van der Waals surface area contributed by atoms with Gasteiger partial charge in [-0.1, -0.05) is 13.8 Å². The number of hydrogen-bond acceptors (Lipinski definition) is 5. The standard InChI is InChI=1S/C23H27F3N2O4S/c1-14(2)9-16-11-18(33-22(16)23(24,25)26)13-32-17-3-4-19-15(10-17)6-8-28(19)20(29)12-27-7-5-21(30)31/h3-4,10-11,14,27H,5-9,12-13H2,1-2H3,(H,30,31). The minimum atomic E-state index is -4.38. The molecule has 1 aromatic heterocycles. The number of ether oxygens (including phenoxy) is 1. The number of carboxylic acids is 1. The van der Waals surface area contributed by atoms with Crippen LogP contribution in [0.15, 0.2) is 24.3 Å². The van der Waals surface area contributed by atoms with Crippen LogP contribution in [0.2, 0.25) is 0 Å².